The van der Waals surface area contributed by atoms with E-state index in [1.807, 2.05) is 18.2 Å². The van der Waals surface area contributed by atoms with Crippen molar-refractivity contribution in [3.8, 4) is 5.75 Å². The van der Waals surface area contributed by atoms with E-state index in [-0.39, 0.29) is 51.0 Å². The molecule has 2 aromatic carbocycles. The van der Waals surface area contributed by atoms with Gasteiger partial charge in [-0.1, -0.05) is 18.2 Å². The molecule has 2 aliphatic rings. The lowest BCUT2D eigenvalue weighted by atomic mass is 10.1. The first kappa shape index (κ1) is 22.0. The number of nitrogens with zero attached hydrogens (tertiary/aromatic N) is 2. The number of benzene rings is 2. The van der Waals surface area contributed by atoms with Crippen molar-refractivity contribution in [1.82, 2.24) is 9.80 Å². The zero-order valence-corrected chi connectivity index (χ0v) is 17.3. The molecule has 10 heteroatoms. The zero-order chi connectivity index (χ0) is 22.6. The molecular formula is C22H23F2N3O5. The molecule has 0 aromatic heterocycles. The lowest BCUT2D eigenvalue weighted by molar-refractivity contribution is -0.284. The third-order valence-corrected chi connectivity index (χ3v) is 5.23. The number of urea groups is 1. The van der Waals surface area contributed by atoms with Crippen LogP contribution < -0.4 is 10.1 Å². The lowest BCUT2D eigenvalue weighted by Gasteiger charge is -2.47. The molecule has 0 radical (unpaired) electrons. The summed E-state index contributed by atoms with van der Waals surface area (Å²) in [6.45, 7) is 1.08. The Morgan fingerprint density at radius 1 is 1.00 bits per heavy atom. The number of amides is 3. The zero-order valence-electron chi connectivity index (χ0n) is 17.3. The maximum atomic E-state index is 13.9. The Morgan fingerprint density at radius 2 is 1.69 bits per heavy atom. The van der Waals surface area contributed by atoms with Crippen molar-refractivity contribution in [3.63, 3.8) is 0 Å². The molecule has 2 saturated heterocycles. The first-order chi connectivity index (χ1) is 15.4. The van der Waals surface area contributed by atoms with E-state index in [0.717, 1.165) is 12.1 Å². The molecule has 2 aliphatic heterocycles. The Labute approximate surface area is 183 Å². The second-order valence-corrected chi connectivity index (χ2v) is 7.50. The summed E-state index contributed by atoms with van der Waals surface area (Å²) in [6, 6.07) is 11.4. The molecule has 3 amide bonds. The topological polar surface area (TPSA) is 80.3 Å². The highest BCUT2D eigenvalue weighted by Gasteiger charge is 2.44. The highest BCUT2D eigenvalue weighted by Crippen LogP contribution is 2.26. The monoisotopic (exact) mass is 447 g/mol. The van der Waals surface area contributed by atoms with Gasteiger partial charge >= 0.3 is 6.03 Å². The van der Waals surface area contributed by atoms with E-state index in [9.17, 15) is 18.4 Å². The Balaban J connectivity index is 1.36. The molecule has 1 atom stereocenters. The minimum absolute atomic E-state index is 0.0466. The fraction of sp³-hybridized carbons (Fsp3) is 0.364. The van der Waals surface area contributed by atoms with Crippen LogP contribution in [0.15, 0.2) is 48.5 Å². The maximum absolute atomic E-state index is 13.9. The number of halogens is 2. The van der Waals surface area contributed by atoms with Gasteiger partial charge in [0.15, 0.2) is 6.61 Å². The summed E-state index contributed by atoms with van der Waals surface area (Å²) in [4.78, 5) is 28.3. The second kappa shape index (κ2) is 9.49. The molecule has 8 nitrogen and oxygen atoms in total. The fourth-order valence-corrected chi connectivity index (χ4v) is 3.62. The van der Waals surface area contributed by atoms with Gasteiger partial charge in [0, 0.05) is 19.2 Å². The number of hydrogen-bond acceptors (Lipinski definition) is 5. The van der Waals surface area contributed by atoms with Crippen LogP contribution in [-0.2, 0) is 14.3 Å². The van der Waals surface area contributed by atoms with Crippen molar-refractivity contribution in [2.24, 2.45) is 0 Å². The van der Waals surface area contributed by atoms with Crippen LogP contribution in [0, 0.1) is 11.6 Å². The van der Waals surface area contributed by atoms with Gasteiger partial charge in [-0.05, 0) is 24.3 Å². The summed E-state index contributed by atoms with van der Waals surface area (Å²) >= 11 is 0. The van der Waals surface area contributed by atoms with Gasteiger partial charge in [-0.15, -0.1) is 0 Å². The summed E-state index contributed by atoms with van der Waals surface area (Å²) < 4.78 is 44.1. The first-order valence-corrected chi connectivity index (χ1v) is 10.2. The summed E-state index contributed by atoms with van der Waals surface area (Å²) in [5.41, 5.74) is -0.128. The van der Waals surface area contributed by atoms with Gasteiger partial charge in [-0.25, -0.2) is 13.6 Å². The smallest absolute Gasteiger partial charge is 0.322 e. The summed E-state index contributed by atoms with van der Waals surface area (Å²) in [5, 5.41) is 2.44. The Morgan fingerprint density at radius 3 is 2.41 bits per heavy atom. The van der Waals surface area contributed by atoms with Crippen molar-refractivity contribution >= 4 is 17.6 Å². The summed E-state index contributed by atoms with van der Waals surface area (Å²) in [7, 11) is 0. The molecule has 1 N–H and O–H groups in total. The first-order valence-electron chi connectivity index (χ1n) is 10.2. The third kappa shape index (κ3) is 5.14. The molecule has 2 heterocycles. The average Bonchev–Trinajstić information content (AvgIpc) is 2.80. The van der Waals surface area contributed by atoms with E-state index in [1.165, 1.54) is 4.90 Å². The standard InChI is InChI=1S/C22H23F2N3O5/c23-16-6-7-19(18(24)12-16)25-21(29)27-9-11-32-22(15-27)14-26(8-10-31-22)20(28)13-30-17-4-2-1-3-5-17/h1-7,12H,8-11,13-15H2,(H,25,29). The molecule has 0 bridgehead atoms. The van der Waals surface area contributed by atoms with Gasteiger partial charge in [-0.3, -0.25) is 4.79 Å². The van der Waals surface area contributed by atoms with Crippen LogP contribution in [0.3, 0.4) is 0 Å². The lowest BCUT2D eigenvalue weighted by Crippen LogP contribution is -2.64. The van der Waals surface area contributed by atoms with Gasteiger partial charge in [0.2, 0.25) is 5.79 Å². The predicted molar refractivity (Wildman–Crippen MR) is 110 cm³/mol. The minimum Gasteiger partial charge on any atom is -0.484 e. The predicted octanol–water partition coefficient (Wildman–Crippen LogP) is 2.46. The number of nitrogens with one attached hydrogen (secondary N) is 1. The van der Waals surface area contributed by atoms with Gasteiger partial charge in [0.1, 0.15) is 17.4 Å². The second-order valence-electron chi connectivity index (χ2n) is 7.50. The number of ether oxygens (including phenoxy) is 3. The van der Waals surface area contributed by atoms with Crippen LogP contribution in [0.25, 0.3) is 0 Å². The van der Waals surface area contributed by atoms with Gasteiger partial charge < -0.3 is 29.3 Å². The molecule has 2 aromatic rings. The van der Waals surface area contributed by atoms with Crippen molar-refractivity contribution in [2.75, 3.05) is 51.3 Å². The Kier molecular flexibility index (Phi) is 6.52. The van der Waals surface area contributed by atoms with E-state index in [1.54, 1.807) is 17.0 Å². The van der Waals surface area contributed by atoms with Crippen molar-refractivity contribution in [1.29, 1.82) is 0 Å². The third-order valence-electron chi connectivity index (χ3n) is 5.23. The molecule has 4 rings (SSSR count). The van der Waals surface area contributed by atoms with Crippen LogP contribution in [0.1, 0.15) is 0 Å². The van der Waals surface area contributed by atoms with E-state index in [4.69, 9.17) is 14.2 Å². The SMILES string of the molecule is O=C(COc1ccccc1)N1CCOC2(C1)CN(C(=O)Nc1ccc(F)cc1F)CCO2. The normalized spacial score (nSPS) is 20.8. The number of morpholine rings is 2. The van der Waals surface area contributed by atoms with Gasteiger partial charge in [-0.2, -0.15) is 0 Å². The molecule has 1 unspecified atom stereocenters. The number of rotatable bonds is 4. The molecule has 2 fully saturated rings. The fourth-order valence-electron chi connectivity index (χ4n) is 3.62. The van der Waals surface area contributed by atoms with Gasteiger partial charge in [0.05, 0.1) is 32.0 Å². The number of carbonyl (C=O) groups excluding carboxylic acids is 2. The van der Waals surface area contributed by atoms with Crippen molar-refractivity contribution in [2.45, 2.75) is 5.79 Å². The molecule has 0 saturated carbocycles. The molecule has 0 aliphatic carbocycles. The van der Waals surface area contributed by atoms with Crippen LogP contribution in [0.2, 0.25) is 0 Å². The molecule has 32 heavy (non-hydrogen) atoms. The van der Waals surface area contributed by atoms with E-state index >= 15 is 0 Å². The molecule has 170 valence electrons. The Bertz CT molecular complexity index is 973. The van der Waals surface area contributed by atoms with Crippen molar-refractivity contribution < 1.29 is 32.6 Å². The van der Waals surface area contributed by atoms with Crippen LogP contribution in [0.5, 0.6) is 5.75 Å². The summed E-state index contributed by atoms with van der Waals surface area (Å²) in [6.07, 6.45) is 0. The van der Waals surface area contributed by atoms with Crippen molar-refractivity contribution in [3.05, 3.63) is 60.2 Å². The van der Waals surface area contributed by atoms with Crippen LogP contribution in [0.4, 0.5) is 19.3 Å². The highest BCUT2D eigenvalue weighted by molar-refractivity contribution is 5.89. The molecule has 1 spiro atoms. The number of anilines is 1. The largest absolute Gasteiger partial charge is 0.484 e. The van der Waals surface area contributed by atoms with Gasteiger partial charge in [0.25, 0.3) is 5.91 Å². The summed E-state index contributed by atoms with van der Waals surface area (Å²) in [5.74, 6) is -2.42. The maximum Gasteiger partial charge on any atom is 0.322 e. The molecular weight excluding hydrogens is 424 g/mol. The van der Waals surface area contributed by atoms with E-state index in [2.05, 4.69) is 5.32 Å². The number of para-hydroxylation sites is 1. The Hall–Kier alpha value is -3.24. The average molecular weight is 447 g/mol. The minimum atomic E-state index is -1.18. The van der Waals surface area contributed by atoms with Crippen LogP contribution in [-0.4, -0.2) is 73.5 Å². The van der Waals surface area contributed by atoms with E-state index in [0.29, 0.717) is 18.4 Å². The number of carbonyl (C=O) groups is 2. The number of hydrogen-bond donors (Lipinski definition) is 1. The van der Waals surface area contributed by atoms with Crippen LogP contribution >= 0.6 is 0 Å². The van der Waals surface area contributed by atoms with E-state index < -0.39 is 23.5 Å². The quantitative estimate of drug-likeness (QED) is 0.779. The highest BCUT2D eigenvalue weighted by atomic mass is 19.1.